The molecule has 0 heterocycles. The number of rotatable bonds is 2. The Morgan fingerprint density at radius 2 is 2.00 bits per heavy atom. The van der Waals surface area contributed by atoms with E-state index in [0.717, 1.165) is 31.2 Å². The zero-order chi connectivity index (χ0) is 13.1. The molecule has 4 N–H and O–H groups in total. The van der Waals surface area contributed by atoms with Gasteiger partial charge in [-0.3, -0.25) is 4.79 Å². The molecule has 0 spiro atoms. The van der Waals surface area contributed by atoms with Crippen molar-refractivity contribution < 1.29 is 9.90 Å². The standard InChI is InChI=1S/C14H20N2O2/c1-9-2-7-13(17)12(8-9)14(18)16-11-5-3-10(15)4-6-11/h2,7-8,10-11,17H,3-6,15H2,1H3,(H,16,18). The fourth-order valence-electron chi connectivity index (χ4n) is 2.36. The molecule has 98 valence electrons. The van der Waals surface area contributed by atoms with E-state index >= 15 is 0 Å². The summed E-state index contributed by atoms with van der Waals surface area (Å²) >= 11 is 0. The summed E-state index contributed by atoms with van der Waals surface area (Å²) in [6.45, 7) is 1.90. The van der Waals surface area contributed by atoms with E-state index in [2.05, 4.69) is 5.32 Å². The maximum Gasteiger partial charge on any atom is 0.255 e. The highest BCUT2D eigenvalue weighted by molar-refractivity contribution is 5.97. The number of aryl methyl sites for hydroxylation is 1. The van der Waals surface area contributed by atoms with Gasteiger partial charge in [0.15, 0.2) is 0 Å². The van der Waals surface area contributed by atoms with E-state index in [0.29, 0.717) is 5.56 Å². The number of nitrogens with one attached hydrogen (secondary N) is 1. The van der Waals surface area contributed by atoms with Gasteiger partial charge in [-0.05, 0) is 44.7 Å². The van der Waals surface area contributed by atoms with Crippen LogP contribution in [0.2, 0.25) is 0 Å². The number of phenolic OH excluding ortho intramolecular Hbond substituents is 1. The molecule has 0 saturated heterocycles. The second kappa shape index (κ2) is 5.40. The Balaban J connectivity index is 2.01. The topological polar surface area (TPSA) is 75.3 Å². The minimum absolute atomic E-state index is 0.0330. The quantitative estimate of drug-likeness (QED) is 0.745. The molecule has 4 nitrogen and oxygen atoms in total. The van der Waals surface area contributed by atoms with Gasteiger partial charge in [-0.2, -0.15) is 0 Å². The number of carbonyl (C=O) groups is 1. The number of hydrogen-bond donors (Lipinski definition) is 3. The van der Waals surface area contributed by atoms with E-state index in [9.17, 15) is 9.90 Å². The van der Waals surface area contributed by atoms with Crippen molar-refractivity contribution in [3.8, 4) is 5.75 Å². The van der Waals surface area contributed by atoms with Crippen molar-refractivity contribution in [1.82, 2.24) is 5.32 Å². The Morgan fingerprint density at radius 1 is 1.33 bits per heavy atom. The first-order valence-corrected chi connectivity index (χ1v) is 6.42. The van der Waals surface area contributed by atoms with Crippen LogP contribution in [0.5, 0.6) is 5.75 Å². The first-order chi connectivity index (χ1) is 8.56. The summed E-state index contributed by atoms with van der Waals surface area (Å²) < 4.78 is 0. The van der Waals surface area contributed by atoms with Crippen LogP contribution < -0.4 is 11.1 Å². The van der Waals surface area contributed by atoms with Gasteiger partial charge < -0.3 is 16.2 Å². The van der Waals surface area contributed by atoms with E-state index < -0.39 is 0 Å². The van der Waals surface area contributed by atoms with Crippen molar-refractivity contribution in [3.05, 3.63) is 29.3 Å². The van der Waals surface area contributed by atoms with Crippen molar-refractivity contribution in [1.29, 1.82) is 0 Å². The van der Waals surface area contributed by atoms with Crippen molar-refractivity contribution in [2.24, 2.45) is 5.73 Å². The second-order valence-electron chi connectivity index (χ2n) is 5.11. The molecule has 4 heteroatoms. The molecule has 0 atom stereocenters. The van der Waals surface area contributed by atoms with E-state index in [1.807, 2.05) is 6.92 Å². The molecule has 18 heavy (non-hydrogen) atoms. The Hall–Kier alpha value is -1.55. The number of carbonyl (C=O) groups excluding carboxylic acids is 1. The lowest BCUT2D eigenvalue weighted by Gasteiger charge is -2.26. The zero-order valence-corrected chi connectivity index (χ0v) is 10.6. The molecule has 2 rings (SSSR count). The summed E-state index contributed by atoms with van der Waals surface area (Å²) in [6.07, 6.45) is 3.73. The molecule has 1 aromatic rings. The first kappa shape index (κ1) is 12.9. The van der Waals surface area contributed by atoms with Gasteiger partial charge in [-0.1, -0.05) is 11.6 Å². The van der Waals surface area contributed by atoms with Crippen LogP contribution in [0.4, 0.5) is 0 Å². The number of aromatic hydroxyl groups is 1. The first-order valence-electron chi connectivity index (χ1n) is 6.42. The van der Waals surface area contributed by atoms with E-state index in [1.54, 1.807) is 18.2 Å². The maximum absolute atomic E-state index is 12.1. The molecule has 0 bridgehead atoms. The number of benzene rings is 1. The molecule has 1 fully saturated rings. The third-order valence-electron chi connectivity index (χ3n) is 3.50. The monoisotopic (exact) mass is 248 g/mol. The van der Waals surface area contributed by atoms with Gasteiger partial charge in [0.05, 0.1) is 5.56 Å². The van der Waals surface area contributed by atoms with Crippen LogP contribution in [0.1, 0.15) is 41.6 Å². The highest BCUT2D eigenvalue weighted by Crippen LogP contribution is 2.21. The van der Waals surface area contributed by atoms with Crippen LogP contribution in [0.15, 0.2) is 18.2 Å². The summed E-state index contributed by atoms with van der Waals surface area (Å²) in [6, 6.07) is 5.49. The van der Waals surface area contributed by atoms with Crippen LogP contribution in [0.25, 0.3) is 0 Å². The van der Waals surface area contributed by atoms with Crippen molar-refractivity contribution in [3.63, 3.8) is 0 Å². The highest BCUT2D eigenvalue weighted by atomic mass is 16.3. The largest absolute Gasteiger partial charge is 0.507 e. The lowest BCUT2D eigenvalue weighted by molar-refractivity contribution is 0.0923. The van der Waals surface area contributed by atoms with Gasteiger partial charge in [-0.25, -0.2) is 0 Å². The summed E-state index contributed by atoms with van der Waals surface area (Å²) in [5, 5.41) is 12.7. The summed E-state index contributed by atoms with van der Waals surface area (Å²) in [7, 11) is 0. The smallest absolute Gasteiger partial charge is 0.255 e. The lowest BCUT2D eigenvalue weighted by atomic mass is 9.91. The molecule has 0 aromatic heterocycles. The van der Waals surface area contributed by atoms with Crippen LogP contribution in [0, 0.1) is 6.92 Å². The molecule has 1 aliphatic rings. The molecular weight excluding hydrogens is 228 g/mol. The minimum Gasteiger partial charge on any atom is -0.507 e. The average molecular weight is 248 g/mol. The Kier molecular flexibility index (Phi) is 3.87. The summed E-state index contributed by atoms with van der Waals surface area (Å²) in [5.74, 6) is -0.165. The third-order valence-corrected chi connectivity index (χ3v) is 3.50. The maximum atomic E-state index is 12.1. The highest BCUT2D eigenvalue weighted by Gasteiger charge is 2.21. The van der Waals surface area contributed by atoms with Crippen LogP contribution in [-0.2, 0) is 0 Å². The van der Waals surface area contributed by atoms with Crippen LogP contribution >= 0.6 is 0 Å². The Morgan fingerprint density at radius 3 is 2.67 bits per heavy atom. The molecular formula is C14H20N2O2. The number of phenols is 1. The van der Waals surface area contributed by atoms with Gasteiger partial charge in [0, 0.05) is 12.1 Å². The fraction of sp³-hybridized carbons (Fsp3) is 0.500. The van der Waals surface area contributed by atoms with Gasteiger partial charge in [0.25, 0.3) is 5.91 Å². The molecule has 0 aliphatic heterocycles. The van der Waals surface area contributed by atoms with Crippen molar-refractivity contribution >= 4 is 5.91 Å². The van der Waals surface area contributed by atoms with E-state index in [-0.39, 0.29) is 23.7 Å². The fourth-order valence-corrected chi connectivity index (χ4v) is 2.36. The summed E-state index contributed by atoms with van der Waals surface area (Å²) in [5.41, 5.74) is 7.14. The third kappa shape index (κ3) is 3.01. The van der Waals surface area contributed by atoms with E-state index in [1.165, 1.54) is 0 Å². The number of nitrogens with two attached hydrogens (primary N) is 1. The van der Waals surface area contributed by atoms with Crippen LogP contribution in [0.3, 0.4) is 0 Å². The predicted octanol–water partition coefficient (Wildman–Crippen LogP) is 1.70. The lowest BCUT2D eigenvalue weighted by Crippen LogP contribution is -2.40. The number of amides is 1. The zero-order valence-electron chi connectivity index (χ0n) is 10.6. The Bertz CT molecular complexity index is 437. The van der Waals surface area contributed by atoms with E-state index in [4.69, 9.17) is 5.73 Å². The SMILES string of the molecule is Cc1ccc(O)c(C(=O)NC2CCC(N)CC2)c1. The van der Waals surface area contributed by atoms with Crippen molar-refractivity contribution in [2.75, 3.05) is 0 Å². The van der Waals surface area contributed by atoms with Gasteiger partial charge >= 0.3 is 0 Å². The van der Waals surface area contributed by atoms with Crippen molar-refractivity contribution in [2.45, 2.75) is 44.7 Å². The van der Waals surface area contributed by atoms with Gasteiger partial charge in [0.1, 0.15) is 5.75 Å². The molecule has 1 aliphatic carbocycles. The Labute approximate surface area is 107 Å². The molecule has 0 unspecified atom stereocenters. The van der Waals surface area contributed by atoms with Gasteiger partial charge in [-0.15, -0.1) is 0 Å². The second-order valence-corrected chi connectivity index (χ2v) is 5.11. The molecule has 1 saturated carbocycles. The average Bonchev–Trinajstić information content (AvgIpc) is 2.35. The summed E-state index contributed by atoms with van der Waals surface area (Å²) in [4.78, 5) is 12.1. The molecule has 1 aromatic carbocycles. The molecule has 0 radical (unpaired) electrons. The minimum atomic E-state index is -0.198. The van der Waals surface area contributed by atoms with Gasteiger partial charge in [0.2, 0.25) is 0 Å². The number of hydrogen-bond acceptors (Lipinski definition) is 3. The molecule has 1 amide bonds. The predicted molar refractivity (Wildman–Crippen MR) is 70.5 cm³/mol. The normalized spacial score (nSPS) is 23.7. The van der Waals surface area contributed by atoms with Crippen LogP contribution in [-0.4, -0.2) is 23.1 Å².